The topological polar surface area (TPSA) is 12.9 Å². The van der Waals surface area contributed by atoms with Crippen molar-refractivity contribution in [3.05, 3.63) is 63.3 Å². The predicted molar refractivity (Wildman–Crippen MR) is 78.8 cm³/mol. The molecule has 2 aromatic rings. The van der Waals surface area contributed by atoms with Crippen molar-refractivity contribution >= 4 is 43.5 Å². The van der Waals surface area contributed by atoms with Crippen LogP contribution in [0.2, 0.25) is 5.02 Å². The lowest BCUT2D eigenvalue weighted by molar-refractivity contribution is 0.944. The Morgan fingerprint density at radius 3 is 2.82 bits per heavy atom. The Labute approximate surface area is 122 Å². The maximum absolute atomic E-state index is 6.09. The Morgan fingerprint density at radius 1 is 1.29 bits per heavy atom. The average Bonchev–Trinajstić information content (AvgIpc) is 2.32. The van der Waals surface area contributed by atoms with E-state index in [2.05, 4.69) is 49.0 Å². The van der Waals surface area contributed by atoms with Crippen molar-refractivity contribution in [3.63, 3.8) is 0 Å². The molecule has 0 amide bonds. The van der Waals surface area contributed by atoms with Gasteiger partial charge in [-0.25, -0.2) is 0 Å². The zero-order valence-corrected chi connectivity index (χ0v) is 12.8. The molecule has 1 unspecified atom stereocenters. The summed E-state index contributed by atoms with van der Waals surface area (Å²) in [7, 11) is 0. The highest BCUT2D eigenvalue weighted by atomic mass is 79.9. The summed E-state index contributed by atoms with van der Waals surface area (Å²) in [5.41, 5.74) is 2.33. The first-order valence-corrected chi connectivity index (χ1v) is 7.23. The summed E-state index contributed by atoms with van der Waals surface area (Å²) in [6, 6.07) is 10.2. The van der Waals surface area contributed by atoms with Gasteiger partial charge in [0, 0.05) is 21.7 Å². The Balaban J connectivity index is 2.17. The molecule has 0 saturated heterocycles. The zero-order valence-electron chi connectivity index (χ0n) is 8.91. The van der Waals surface area contributed by atoms with E-state index < -0.39 is 0 Å². The fraction of sp³-hybridized carbons (Fsp3) is 0.154. The lowest BCUT2D eigenvalue weighted by Gasteiger charge is -2.11. The molecule has 1 atom stereocenters. The normalized spacial score (nSPS) is 12.4. The molecule has 0 saturated carbocycles. The second-order valence-corrected chi connectivity index (χ2v) is 6.12. The Morgan fingerprint density at radius 2 is 2.12 bits per heavy atom. The Kier molecular flexibility index (Phi) is 4.60. The monoisotopic (exact) mass is 373 g/mol. The van der Waals surface area contributed by atoms with Gasteiger partial charge >= 0.3 is 0 Å². The summed E-state index contributed by atoms with van der Waals surface area (Å²) in [6.45, 7) is 0. The molecule has 2 rings (SSSR count). The molecule has 1 aromatic heterocycles. The Hall–Kier alpha value is -0.380. The minimum atomic E-state index is 0.250. The minimum absolute atomic E-state index is 0.250. The third kappa shape index (κ3) is 3.54. The lowest BCUT2D eigenvalue weighted by atomic mass is 10.1. The molecule has 1 heterocycles. The van der Waals surface area contributed by atoms with E-state index in [0.717, 1.165) is 16.5 Å². The first-order valence-electron chi connectivity index (χ1n) is 5.15. The van der Waals surface area contributed by atoms with Crippen LogP contribution in [0.5, 0.6) is 0 Å². The molecule has 0 fully saturated rings. The summed E-state index contributed by atoms with van der Waals surface area (Å²) in [5, 5.41) is 0.715. The van der Waals surface area contributed by atoms with Gasteiger partial charge in [0.1, 0.15) is 0 Å². The van der Waals surface area contributed by atoms with Crippen LogP contribution in [0.15, 0.2) is 47.2 Å². The number of halogens is 3. The second kappa shape index (κ2) is 5.98. The SMILES string of the molecule is Clc1cnccc1CC(Br)c1cccc(Br)c1. The standard InChI is InChI=1S/C13H10Br2ClN/c14-11-3-1-2-9(6-11)12(15)7-10-4-5-17-8-13(10)16/h1-6,8,12H,7H2. The van der Waals surface area contributed by atoms with Crippen LogP contribution >= 0.6 is 43.5 Å². The van der Waals surface area contributed by atoms with Gasteiger partial charge in [0.15, 0.2) is 0 Å². The summed E-state index contributed by atoms with van der Waals surface area (Å²) in [4.78, 5) is 4.23. The summed E-state index contributed by atoms with van der Waals surface area (Å²) in [5.74, 6) is 0. The molecule has 0 aliphatic carbocycles. The van der Waals surface area contributed by atoms with E-state index in [4.69, 9.17) is 11.6 Å². The van der Waals surface area contributed by atoms with E-state index in [-0.39, 0.29) is 4.83 Å². The minimum Gasteiger partial charge on any atom is -0.263 e. The maximum atomic E-state index is 6.09. The van der Waals surface area contributed by atoms with E-state index in [0.29, 0.717) is 5.02 Å². The van der Waals surface area contributed by atoms with Gasteiger partial charge in [-0.05, 0) is 35.7 Å². The van der Waals surface area contributed by atoms with Crippen LogP contribution in [0.1, 0.15) is 16.0 Å². The van der Waals surface area contributed by atoms with E-state index in [1.165, 1.54) is 5.56 Å². The molecular weight excluding hydrogens is 365 g/mol. The van der Waals surface area contributed by atoms with Crippen LogP contribution in [-0.2, 0) is 6.42 Å². The number of alkyl halides is 1. The molecule has 0 bridgehead atoms. The summed E-state index contributed by atoms with van der Waals surface area (Å²) < 4.78 is 1.08. The van der Waals surface area contributed by atoms with Gasteiger partial charge in [0.2, 0.25) is 0 Å². The van der Waals surface area contributed by atoms with Crippen LogP contribution in [0.4, 0.5) is 0 Å². The smallest absolute Gasteiger partial charge is 0.0621 e. The fourth-order valence-electron chi connectivity index (χ4n) is 1.58. The number of hydrogen-bond acceptors (Lipinski definition) is 1. The molecule has 17 heavy (non-hydrogen) atoms. The van der Waals surface area contributed by atoms with Gasteiger partial charge in [-0.1, -0.05) is 55.6 Å². The van der Waals surface area contributed by atoms with Crippen LogP contribution in [0.3, 0.4) is 0 Å². The number of hydrogen-bond donors (Lipinski definition) is 0. The molecule has 0 radical (unpaired) electrons. The van der Waals surface area contributed by atoms with Crippen molar-refractivity contribution in [2.45, 2.75) is 11.2 Å². The van der Waals surface area contributed by atoms with Crippen molar-refractivity contribution in [2.75, 3.05) is 0 Å². The number of aromatic nitrogens is 1. The third-order valence-electron chi connectivity index (χ3n) is 2.47. The van der Waals surface area contributed by atoms with Crippen molar-refractivity contribution in [2.24, 2.45) is 0 Å². The van der Waals surface area contributed by atoms with Gasteiger partial charge in [-0.2, -0.15) is 0 Å². The average molecular weight is 375 g/mol. The Bertz CT molecular complexity index is 516. The lowest BCUT2D eigenvalue weighted by Crippen LogP contribution is -1.96. The molecular formula is C13H10Br2ClN. The molecule has 0 aliphatic heterocycles. The maximum Gasteiger partial charge on any atom is 0.0621 e. The van der Waals surface area contributed by atoms with Crippen molar-refractivity contribution in [1.82, 2.24) is 4.98 Å². The molecule has 0 spiro atoms. The van der Waals surface area contributed by atoms with Gasteiger partial charge in [-0.3, -0.25) is 4.98 Å². The highest BCUT2D eigenvalue weighted by Crippen LogP contribution is 2.30. The highest BCUT2D eigenvalue weighted by molar-refractivity contribution is 9.10. The molecule has 0 aliphatic rings. The summed E-state index contributed by atoms with van der Waals surface area (Å²) in [6.07, 6.45) is 4.29. The fourth-order valence-corrected chi connectivity index (χ4v) is 2.83. The van der Waals surface area contributed by atoms with Crippen LogP contribution in [-0.4, -0.2) is 4.98 Å². The van der Waals surface area contributed by atoms with Crippen LogP contribution in [0.25, 0.3) is 0 Å². The molecule has 1 nitrogen and oxygen atoms in total. The summed E-state index contributed by atoms with van der Waals surface area (Å²) >= 11 is 13.3. The number of rotatable bonds is 3. The van der Waals surface area contributed by atoms with Gasteiger partial charge in [0.25, 0.3) is 0 Å². The van der Waals surface area contributed by atoms with Crippen molar-refractivity contribution in [1.29, 1.82) is 0 Å². The van der Waals surface area contributed by atoms with Gasteiger partial charge in [0.05, 0.1) is 5.02 Å². The molecule has 0 N–H and O–H groups in total. The predicted octanol–water partition coefficient (Wildman–Crippen LogP) is 5.18. The first kappa shape index (κ1) is 13.1. The second-order valence-electron chi connectivity index (χ2n) is 3.69. The molecule has 4 heteroatoms. The van der Waals surface area contributed by atoms with E-state index >= 15 is 0 Å². The number of pyridine rings is 1. The largest absolute Gasteiger partial charge is 0.263 e. The third-order valence-corrected chi connectivity index (χ3v) is 4.15. The van der Waals surface area contributed by atoms with Crippen molar-refractivity contribution < 1.29 is 0 Å². The zero-order chi connectivity index (χ0) is 12.3. The van der Waals surface area contributed by atoms with Crippen LogP contribution in [0, 0.1) is 0 Å². The van der Waals surface area contributed by atoms with Crippen LogP contribution < -0.4 is 0 Å². The van der Waals surface area contributed by atoms with Crippen molar-refractivity contribution in [3.8, 4) is 0 Å². The highest BCUT2D eigenvalue weighted by Gasteiger charge is 2.10. The van der Waals surface area contributed by atoms with E-state index in [9.17, 15) is 0 Å². The van der Waals surface area contributed by atoms with E-state index in [1.54, 1.807) is 12.4 Å². The quantitative estimate of drug-likeness (QED) is 0.674. The number of nitrogens with zero attached hydrogens (tertiary/aromatic N) is 1. The first-order chi connectivity index (χ1) is 8.16. The van der Waals surface area contributed by atoms with Gasteiger partial charge < -0.3 is 0 Å². The molecule has 1 aromatic carbocycles. The van der Waals surface area contributed by atoms with Gasteiger partial charge in [-0.15, -0.1) is 0 Å². The molecule has 88 valence electrons. The van der Waals surface area contributed by atoms with E-state index in [1.807, 2.05) is 18.2 Å². The number of benzene rings is 1.